The molecule has 1 saturated heterocycles. The monoisotopic (exact) mass is 181 g/mol. The van der Waals surface area contributed by atoms with Crippen LogP contribution in [-0.4, -0.2) is 12.1 Å². The Morgan fingerprint density at radius 1 is 0.615 bits per heavy atom. The van der Waals surface area contributed by atoms with Crippen LogP contribution in [0.1, 0.15) is 64.2 Å². The number of piperidine rings is 1. The molecule has 2 fully saturated rings. The summed E-state index contributed by atoms with van der Waals surface area (Å²) in [7, 11) is 0. The van der Waals surface area contributed by atoms with E-state index in [0.717, 1.165) is 0 Å². The van der Waals surface area contributed by atoms with Crippen molar-refractivity contribution < 1.29 is 0 Å². The summed E-state index contributed by atoms with van der Waals surface area (Å²) in [4.78, 5) is 0. The quantitative estimate of drug-likeness (QED) is 0.605. The smallest absolute Gasteiger partial charge is 0.0181 e. The fraction of sp³-hybridized carbons (Fsp3) is 1.00. The van der Waals surface area contributed by atoms with Crippen LogP contribution in [0.5, 0.6) is 0 Å². The summed E-state index contributed by atoms with van der Waals surface area (Å²) in [5, 5.41) is 3.80. The molecule has 0 aromatic carbocycles. The predicted octanol–water partition coefficient (Wildman–Crippen LogP) is 3.24. The minimum absolute atomic E-state index is 0.582. The van der Waals surface area contributed by atoms with Gasteiger partial charge in [-0.05, 0) is 32.2 Å². The molecule has 1 aliphatic heterocycles. The molecular weight excluding hydrogens is 158 g/mol. The summed E-state index contributed by atoms with van der Waals surface area (Å²) >= 11 is 0. The van der Waals surface area contributed by atoms with Gasteiger partial charge < -0.3 is 5.32 Å². The van der Waals surface area contributed by atoms with Crippen molar-refractivity contribution in [3.63, 3.8) is 0 Å². The molecule has 1 spiro atoms. The van der Waals surface area contributed by atoms with Crippen LogP contribution in [0.15, 0.2) is 0 Å². The van der Waals surface area contributed by atoms with E-state index in [-0.39, 0.29) is 0 Å². The van der Waals surface area contributed by atoms with Gasteiger partial charge in [0.1, 0.15) is 0 Å². The Kier molecular flexibility index (Phi) is 3.26. The van der Waals surface area contributed by atoms with Gasteiger partial charge in [0.2, 0.25) is 0 Å². The molecule has 0 atom stereocenters. The molecule has 2 aliphatic rings. The summed E-state index contributed by atoms with van der Waals surface area (Å²) in [5.41, 5.74) is 0.582. The highest BCUT2D eigenvalue weighted by molar-refractivity contribution is 4.91. The summed E-state index contributed by atoms with van der Waals surface area (Å²) in [5.74, 6) is 0. The topological polar surface area (TPSA) is 12.0 Å². The molecule has 1 nitrogen and oxygen atoms in total. The van der Waals surface area contributed by atoms with Gasteiger partial charge in [-0.1, -0.05) is 38.5 Å². The first-order valence-electron chi connectivity index (χ1n) is 6.16. The van der Waals surface area contributed by atoms with Gasteiger partial charge in [0.25, 0.3) is 0 Å². The Morgan fingerprint density at radius 2 is 1.15 bits per heavy atom. The number of hydrogen-bond acceptors (Lipinski definition) is 1. The van der Waals surface area contributed by atoms with E-state index in [9.17, 15) is 0 Å². The number of rotatable bonds is 0. The van der Waals surface area contributed by atoms with Gasteiger partial charge in [-0.15, -0.1) is 0 Å². The average Bonchev–Trinajstić information content (AvgIpc) is 2.14. The van der Waals surface area contributed by atoms with Crippen LogP contribution < -0.4 is 5.32 Å². The minimum atomic E-state index is 0.582. The first-order chi connectivity index (χ1) is 6.41. The summed E-state index contributed by atoms with van der Waals surface area (Å²) in [6, 6.07) is 0. The van der Waals surface area contributed by atoms with Gasteiger partial charge in [-0.25, -0.2) is 0 Å². The average molecular weight is 181 g/mol. The number of nitrogens with one attached hydrogen (secondary N) is 1. The Balaban J connectivity index is 1.91. The van der Waals surface area contributed by atoms with Crippen molar-refractivity contribution in [3.05, 3.63) is 0 Å². The molecule has 0 aromatic heterocycles. The minimum Gasteiger partial charge on any atom is -0.311 e. The van der Waals surface area contributed by atoms with Gasteiger partial charge in [-0.2, -0.15) is 0 Å². The van der Waals surface area contributed by atoms with E-state index in [2.05, 4.69) is 5.32 Å². The third-order valence-electron chi connectivity index (χ3n) is 3.89. The van der Waals surface area contributed by atoms with Crippen LogP contribution in [0, 0.1) is 0 Å². The molecule has 1 saturated carbocycles. The van der Waals surface area contributed by atoms with Crippen LogP contribution in [-0.2, 0) is 0 Å². The van der Waals surface area contributed by atoms with Crippen LogP contribution in [0.2, 0.25) is 0 Å². The van der Waals surface area contributed by atoms with Crippen LogP contribution >= 0.6 is 0 Å². The van der Waals surface area contributed by atoms with Crippen LogP contribution in [0.3, 0.4) is 0 Å². The lowest BCUT2D eigenvalue weighted by Crippen LogP contribution is -2.48. The molecule has 0 aromatic rings. The molecule has 13 heavy (non-hydrogen) atoms. The van der Waals surface area contributed by atoms with Crippen molar-refractivity contribution >= 4 is 0 Å². The third kappa shape index (κ3) is 2.46. The van der Waals surface area contributed by atoms with E-state index < -0.39 is 0 Å². The van der Waals surface area contributed by atoms with Crippen LogP contribution in [0.4, 0.5) is 0 Å². The zero-order valence-corrected chi connectivity index (χ0v) is 8.78. The van der Waals surface area contributed by atoms with E-state index in [1.807, 2.05) is 0 Å². The normalized spacial score (nSPS) is 29.5. The maximum absolute atomic E-state index is 3.80. The molecular formula is C12H23N. The SMILES string of the molecule is C1CCCC2(CCC1)CCCCN2. The first-order valence-corrected chi connectivity index (χ1v) is 6.16. The van der Waals surface area contributed by atoms with Gasteiger partial charge in [0.05, 0.1) is 0 Å². The molecule has 1 heteroatoms. The standard InChI is InChI=1S/C12H23N/c1-2-4-8-12(9-5-3-1)10-6-7-11-13-12/h13H,1-11H2. The summed E-state index contributed by atoms with van der Waals surface area (Å²) in [6.07, 6.45) is 14.6. The molecule has 1 N–H and O–H groups in total. The summed E-state index contributed by atoms with van der Waals surface area (Å²) < 4.78 is 0. The van der Waals surface area contributed by atoms with Crippen molar-refractivity contribution in [2.75, 3.05) is 6.54 Å². The molecule has 0 amide bonds. The Labute approximate surface area is 82.3 Å². The molecule has 76 valence electrons. The molecule has 0 bridgehead atoms. The van der Waals surface area contributed by atoms with Crippen molar-refractivity contribution in [2.45, 2.75) is 69.7 Å². The Bertz CT molecular complexity index is 137. The Hall–Kier alpha value is -0.0400. The molecule has 1 aliphatic carbocycles. The van der Waals surface area contributed by atoms with Gasteiger partial charge in [0, 0.05) is 5.54 Å². The molecule has 1 heterocycles. The zero-order valence-electron chi connectivity index (χ0n) is 8.78. The van der Waals surface area contributed by atoms with E-state index in [1.165, 1.54) is 70.8 Å². The fourth-order valence-electron chi connectivity index (χ4n) is 3.04. The molecule has 0 radical (unpaired) electrons. The van der Waals surface area contributed by atoms with Crippen molar-refractivity contribution in [1.82, 2.24) is 5.32 Å². The maximum Gasteiger partial charge on any atom is 0.0181 e. The zero-order chi connectivity index (χ0) is 8.99. The van der Waals surface area contributed by atoms with Crippen molar-refractivity contribution in [2.24, 2.45) is 0 Å². The van der Waals surface area contributed by atoms with Crippen molar-refractivity contribution in [1.29, 1.82) is 0 Å². The van der Waals surface area contributed by atoms with Gasteiger partial charge in [-0.3, -0.25) is 0 Å². The second-order valence-corrected chi connectivity index (χ2v) is 4.93. The highest BCUT2D eigenvalue weighted by atomic mass is 15.0. The predicted molar refractivity (Wildman–Crippen MR) is 56.9 cm³/mol. The first kappa shape index (κ1) is 9.51. The highest BCUT2D eigenvalue weighted by Gasteiger charge is 2.30. The second-order valence-electron chi connectivity index (χ2n) is 4.93. The largest absolute Gasteiger partial charge is 0.311 e. The number of hydrogen-bond donors (Lipinski definition) is 1. The van der Waals surface area contributed by atoms with E-state index in [4.69, 9.17) is 0 Å². The van der Waals surface area contributed by atoms with Crippen molar-refractivity contribution in [3.8, 4) is 0 Å². The fourth-order valence-corrected chi connectivity index (χ4v) is 3.04. The molecule has 0 unspecified atom stereocenters. The molecule has 2 rings (SSSR count). The van der Waals surface area contributed by atoms with E-state index in [1.54, 1.807) is 0 Å². The van der Waals surface area contributed by atoms with Gasteiger partial charge >= 0.3 is 0 Å². The van der Waals surface area contributed by atoms with E-state index in [0.29, 0.717) is 5.54 Å². The maximum atomic E-state index is 3.80. The lowest BCUT2D eigenvalue weighted by Gasteiger charge is -2.40. The van der Waals surface area contributed by atoms with E-state index >= 15 is 0 Å². The summed E-state index contributed by atoms with van der Waals surface area (Å²) in [6.45, 7) is 1.28. The lowest BCUT2D eigenvalue weighted by atomic mass is 9.78. The third-order valence-corrected chi connectivity index (χ3v) is 3.89. The highest BCUT2D eigenvalue weighted by Crippen LogP contribution is 2.32. The van der Waals surface area contributed by atoms with Gasteiger partial charge in [0.15, 0.2) is 0 Å². The van der Waals surface area contributed by atoms with Crippen LogP contribution in [0.25, 0.3) is 0 Å². The lowest BCUT2D eigenvalue weighted by molar-refractivity contribution is 0.200. The second kappa shape index (κ2) is 4.45. The Morgan fingerprint density at radius 3 is 1.69 bits per heavy atom.